The minimum Gasteiger partial charge on any atom is -0.395 e. The molecule has 3 heterocycles. The molecule has 2 aromatic heterocycles. The van der Waals surface area contributed by atoms with Crippen molar-refractivity contribution in [3.63, 3.8) is 0 Å². The molecule has 1 atom stereocenters. The number of primary amides is 1. The molecule has 0 bridgehead atoms. The number of amides is 1. The number of aryl methyl sites for hydroxylation is 1. The predicted octanol–water partition coefficient (Wildman–Crippen LogP) is 0.203. The van der Waals surface area contributed by atoms with Gasteiger partial charge < -0.3 is 25.8 Å². The molecule has 0 aromatic carbocycles. The van der Waals surface area contributed by atoms with Crippen LogP contribution in [0.25, 0.3) is 0 Å². The third-order valence-corrected chi connectivity index (χ3v) is 5.17. The van der Waals surface area contributed by atoms with E-state index in [9.17, 15) is 4.79 Å². The summed E-state index contributed by atoms with van der Waals surface area (Å²) >= 11 is 0. The zero-order valence-electron chi connectivity index (χ0n) is 17.9. The summed E-state index contributed by atoms with van der Waals surface area (Å²) in [5, 5.41) is 12.3. The van der Waals surface area contributed by atoms with E-state index < -0.39 is 0 Å². The number of likely N-dealkylation sites (N-methyl/N-ethyl adjacent to an activating group) is 1. The first-order valence-corrected chi connectivity index (χ1v) is 10.5. The van der Waals surface area contributed by atoms with Crippen molar-refractivity contribution in [2.45, 2.75) is 18.9 Å². The Bertz CT molecular complexity index is 834. The highest BCUT2D eigenvalue weighted by Gasteiger charge is 2.22. The number of hydrogen-bond acceptors (Lipinski definition) is 9. The van der Waals surface area contributed by atoms with Crippen molar-refractivity contribution in [1.82, 2.24) is 19.9 Å². The van der Waals surface area contributed by atoms with Crippen molar-refractivity contribution in [2.24, 2.45) is 5.73 Å². The zero-order valence-corrected chi connectivity index (χ0v) is 17.9. The van der Waals surface area contributed by atoms with Crippen LogP contribution in [0.3, 0.4) is 0 Å². The van der Waals surface area contributed by atoms with Gasteiger partial charge in [-0.15, -0.1) is 0 Å². The third-order valence-electron chi connectivity index (χ3n) is 5.17. The number of carbonyl (C=O) groups is 1. The van der Waals surface area contributed by atoms with E-state index in [4.69, 9.17) is 15.6 Å². The van der Waals surface area contributed by atoms with Gasteiger partial charge in [0.15, 0.2) is 0 Å². The van der Waals surface area contributed by atoms with Crippen LogP contribution >= 0.6 is 0 Å². The summed E-state index contributed by atoms with van der Waals surface area (Å²) in [5.41, 5.74) is 7.09. The van der Waals surface area contributed by atoms with Crippen LogP contribution in [0.2, 0.25) is 0 Å². The Labute approximate surface area is 182 Å². The highest BCUT2D eigenvalue weighted by molar-refractivity contribution is 5.73. The van der Waals surface area contributed by atoms with E-state index in [1.54, 1.807) is 12.4 Å². The number of aromatic nitrogens is 3. The fourth-order valence-electron chi connectivity index (χ4n) is 3.36. The minimum atomic E-state index is -0.307. The number of hydrogen-bond donors (Lipinski definition) is 3. The number of nitrogens with two attached hydrogens (primary N) is 1. The van der Waals surface area contributed by atoms with E-state index in [0.29, 0.717) is 38.5 Å². The van der Waals surface area contributed by atoms with Gasteiger partial charge in [-0.25, -0.2) is 4.98 Å². The maximum absolute atomic E-state index is 10.9. The molecule has 0 spiro atoms. The number of aliphatic hydroxyl groups is 1. The second-order valence-corrected chi connectivity index (χ2v) is 7.53. The highest BCUT2D eigenvalue weighted by Crippen LogP contribution is 2.21. The lowest BCUT2D eigenvalue weighted by molar-refractivity contribution is -0.117. The van der Waals surface area contributed by atoms with Crippen LogP contribution < -0.4 is 16.0 Å². The summed E-state index contributed by atoms with van der Waals surface area (Å²) in [5.74, 6) is 1.03. The molecule has 1 saturated heterocycles. The van der Waals surface area contributed by atoms with Crippen molar-refractivity contribution in [1.29, 1.82) is 0 Å². The summed E-state index contributed by atoms with van der Waals surface area (Å²) < 4.78 is 5.91. The van der Waals surface area contributed by atoms with Crippen LogP contribution in [0, 0.1) is 0 Å². The van der Waals surface area contributed by atoms with Crippen molar-refractivity contribution >= 4 is 17.7 Å². The summed E-state index contributed by atoms with van der Waals surface area (Å²) in [7, 11) is 1.88. The lowest BCUT2D eigenvalue weighted by Gasteiger charge is -2.32. The van der Waals surface area contributed by atoms with Gasteiger partial charge in [-0.2, -0.15) is 4.98 Å². The summed E-state index contributed by atoms with van der Waals surface area (Å²) in [6.07, 6.45) is 4.35. The molecule has 10 nitrogen and oxygen atoms in total. The fourth-order valence-corrected chi connectivity index (χ4v) is 3.36. The standard InChI is InChI=1S/C21H31N7O3/c1-27(10-12-29)20-6-7-23-21(26-20)24-8-9-28-11-13-31-18(15-28)17-4-2-16(14-25-17)3-5-19(22)30/h2,4,6-7,14,18,29H,3,5,8-13,15H2,1H3,(H2,22,30)(H,23,24,26). The SMILES string of the molecule is CN(CCO)c1ccnc(NCCN2CCOC(c3ccc(CCC(N)=O)cn3)C2)n1. The second-order valence-electron chi connectivity index (χ2n) is 7.53. The molecular formula is C21H31N7O3. The van der Waals surface area contributed by atoms with E-state index in [0.717, 1.165) is 36.7 Å². The molecule has 1 fully saturated rings. The average molecular weight is 430 g/mol. The summed E-state index contributed by atoms with van der Waals surface area (Å²) in [6, 6.07) is 5.76. The first kappa shape index (κ1) is 22.9. The molecule has 0 saturated carbocycles. The highest BCUT2D eigenvalue weighted by atomic mass is 16.5. The van der Waals surface area contributed by atoms with Gasteiger partial charge in [0.2, 0.25) is 11.9 Å². The van der Waals surface area contributed by atoms with Gasteiger partial charge in [0, 0.05) is 58.6 Å². The van der Waals surface area contributed by atoms with Crippen molar-refractivity contribution in [2.75, 3.05) is 63.2 Å². The zero-order chi connectivity index (χ0) is 22.1. The Morgan fingerprint density at radius 2 is 2.26 bits per heavy atom. The lowest BCUT2D eigenvalue weighted by Crippen LogP contribution is -2.41. The number of morpholine rings is 1. The van der Waals surface area contributed by atoms with Crippen LogP contribution in [-0.4, -0.2) is 83.9 Å². The molecule has 1 aliphatic heterocycles. The van der Waals surface area contributed by atoms with Crippen molar-refractivity contribution in [3.05, 3.63) is 41.9 Å². The molecule has 10 heteroatoms. The van der Waals surface area contributed by atoms with Gasteiger partial charge in [0.25, 0.3) is 0 Å². The molecule has 3 rings (SSSR count). The number of anilines is 2. The normalized spacial score (nSPS) is 16.8. The summed E-state index contributed by atoms with van der Waals surface area (Å²) in [4.78, 5) is 28.4. The lowest BCUT2D eigenvalue weighted by atomic mass is 10.1. The third kappa shape index (κ3) is 7.12. The number of nitrogens with zero attached hydrogens (tertiary/aromatic N) is 5. The van der Waals surface area contributed by atoms with Crippen molar-refractivity contribution < 1.29 is 14.6 Å². The number of rotatable bonds is 11. The molecular weight excluding hydrogens is 398 g/mol. The van der Waals surface area contributed by atoms with Gasteiger partial charge in [-0.05, 0) is 24.1 Å². The molecule has 0 aliphatic carbocycles. The smallest absolute Gasteiger partial charge is 0.224 e. The van der Waals surface area contributed by atoms with Crippen LogP contribution in [0.5, 0.6) is 0 Å². The molecule has 2 aromatic rings. The molecule has 4 N–H and O–H groups in total. The number of pyridine rings is 1. The van der Waals surface area contributed by atoms with Crippen LogP contribution in [0.1, 0.15) is 23.8 Å². The molecule has 168 valence electrons. The fraction of sp³-hybridized carbons (Fsp3) is 0.524. The van der Waals surface area contributed by atoms with E-state index in [1.807, 2.05) is 30.1 Å². The van der Waals surface area contributed by atoms with Crippen molar-refractivity contribution in [3.8, 4) is 0 Å². The van der Waals surface area contributed by atoms with Gasteiger partial charge in [-0.3, -0.25) is 14.7 Å². The molecule has 0 radical (unpaired) electrons. The average Bonchev–Trinajstić information content (AvgIpc) is 2.79. The molecule has 1 unspecified atom stereocenters. The Morgan fingerprint density at radius 1 is 1.39 bits per heavy atom. The van der Waals surface area contributed by atoms with E-state index >= 15 is 0 Å². The predicted molar refractivity (Wildman–Crippen MR) is 118 cm³/mol. The molecule has 31 heavy (non-hydrogen) atoms. The van der Waals surface area contributed by atoms with Gasteiger partial charge in [0.05, 0.1) is 18.9 Å². The number of nitrogens with one attached hydrogen (secondary N) is 1. The first-order chi connectivity index (χ1) is 15.0. The topological polar surface area (TPSA) is 130 Å². The van der Waals surface area contributed by atoms with E-state index in [2.05, 4.69) is 25.2 Å². The molecule has 1 amide bonds. The van der Waals surface area contributed by atoms with Gasteiger partial charge >= 0.3 is 0 Å². The van der Waals surface area contributed by atoms with Crippen LogP contribution in [0.15, 0.2) is 30.6 Å². The van der Waals surface area contributed by atoms with Crippen LogP contribution in [0.4, 0.5) is 11.8 Å². The summed E-state index contributed by atoms with van der Waals surface area (Å²) in [6.45, 7) is 4.40. The second kappa shape index (κ2) is 11.5. The van der Waals surface area contributed by atoms with E-state index in [1.165, 1.54) is 0 Å². The van der Waals surface area contributed by atoms with E-state index in [-0.39, 0.29) is 18.6 Å². The largest absolute Gasteiger partial charge is 0.395 e. The van der Waals surface area contributed by atoms with Crippen LogP contribution in [-0.2, 0) is 16.0 Å². The number of ether oxygens (including phenoxy) is 1. The Morgan fingerprint density at radius 3 is 3.00 bits per heavy atom. The maximum atomic E-state index is 10.9. The Kier molecular flexibility index (Phi) is 8.51. The Hall–Kier alpha value is -2.82. The minimum absolute atomic E-state index is 0.0758. The monoisotopic (exact) mass is 429 g/mol. The van der Waals surface area contributed by atoms with Gasteiger partial charge in [0.1, 0.15) is 11.9 Å². The maximum Gasteiger partial charge on any atom is 0.224 e. The number of carbonyl (C=O) groups excluding carboxylic acids is 1. The Balaban J connectivity index is 1.47. The number of aliphatic hydroxyl groups excluding tert-OH is 1. The molecule has 1 aliphatic rings. The van der Waals surface area contributed by atoms with Gasteiger partial charge in [-0.1, -0.05) is 6.07 Å². The first-order valence-electron chi connectivity index (χ1n) is 10.5. The quantitative estimate of drug-likeness (QED) is 0.459.